The molecular weight excluding hydrogens is 354 g/mol. The first-order chi connectivity index (χ1) is 13.5. The molecule has 3 aromatic rings. The van der Waals surface area contributed by atoms with Crippen molar-refractivity contribution >= 4 is 16.8 Å². The second kappa shape index (κ2) is 7.64. The number of likely N-dealkylation sites (tertiary alicyclic amines) is 1. The number of aryl methyl sites for hydroxylation is 2. The Morgan fingerprint density at radius 3 is 2.64 bits per heavy atom. The van der Waals surface area contributed by atoms with E-state index in [4.69, 9.17) is 4.74 Å². The van der Waals surface area contributed by atoms with Crippen LogP contribution >= 0.6 is 0 Å². The van der Waals surface area contributed by atoms with Crippen LogP contribution in [0.5, 0.6) is 0 Å². The van der Waals surface area contributed by atoms with Crippen molar-refractivity contribution in [3.05, 3.63) is 69.8 Å². The summed E-state index contributed by atoms with van der Waals surface area (Å²) in [5.41, 5.74) is 3.18. The second-order valence-electron chi connectivity index (χ2n) is 7.47. The number of hydrogen-bond acceptors (Lipinski definition) is 3. The molecule has 28 heavy (non-hydrogen) atoms. The molecule has 146 valence electrons. The van der Waals surface area contributed by atoms with Crippen LogP contribution in [-0.4, -0.2) is 39.6 Å². The number of fused-ring (bicyclic) bond motifs is 1. The van der Waals surface area contributed by atoms with Crippen molar-refractivity contribution in [3.63, 3.8) is 0 Å². The van der Waals surface area contributed by atoms with Gasteiger partial charge in [0.15, 0.2) is 0 Å². The monoisotopic (exact) mass is 379 g/mol. The average Bonchev–Trinajstić information content (AvgIpc) is 3.08. The van der Waals surface area contributed by atoms with Gasteiger partial charge in [0, 0.05) is 32.5 Å². The van der Waals surface area contributed by atoms with Crippen molar-refractivity contribution in [2.45, 2.75) is 32.5 Å². The minimum Gasteiger partial charge on any atom is -0.373 e. The number of rotatable bonds is 4. The average molecular weight is 379 g/mol. The Kier molecular flexibility index (Phi) is 5.05. The lowest BCUT2D eigenvalue weighted by Crippen LogP contribution is -2.41. The number of carbonyl (C=O) groups is 1. The molecule has 1 aliphatic rings. The Hall–Kier alpha value is -2.86. The largest absolute Gasteiger partial charge is 0.373 e. The molecule has 2 aromatic heterocycles. The molecule has 0 saturated carbocycles. The minimum atomic E-state index is -0.217. The number of nitrogens with zero attached hydrogens (tertiary/aromatic N) is 2. The van der Waals surface area contributed by atoms with Gasteiger partial charge in [-0.2, -0.15) is 0 Å². The Labute approximate surface area is 163 Å². The van der Waals surface area contributed by atoms with Gasteiger partial charge in [-0.25, -0.2) is 0 Å². The first-order valence-electron chi connectivity index (χ1n) is 9.66. The van der Waals surface area contributed by atoms with Crippen molar-refractivity contribution in [1.29, 1.82) is 0 Å². The molecular formula is C22H25N3O3. The van der Waals surface area contributed by atoms with Crippen LogP contribution in [0.3, 0.4) is 0 Å². The van der Waals surface area contributed by atoms with Gasteiger partial charge in [-0.3, -0.25) is 9.59 Å². The molecule has 0 atom stereocenters. The molecule has 0 unspecified atom stereocenters. The van der Waals surface area contributed by atoms with Crippen molar-refractivity contribution in [2.75, 3.05) is 13.1 Å². The Morgan fingerprint density at radius 2 is 1.93 bits per heavy atom. The van der Waals surface area contributed by atoms with Crippen LogP contribution in [0.2, 0.25) is 0 Å². The number of nitrogens with one attached hydrogen (secondary N) is 1. The molecule has 0 radical (unpaired) electrons. The lowest BCUT2D eigenvalue weighted by Gasteiger charge is -2.32. The Balaban J connectivity index is 1.44. The summed E-state index contributed by atoms with van der Waals surface area (Å²) in [5.74, 6) is -0.0804. The van der Waals surface area contributed by atoms with Crippen LogP contribution in [0.15, 0.2) is 47.5 Å². The molecule has 1 aromatic carbocycles. The SMILES string of the molecule is Cc1c[nH]c(=O)c2c(C(=O)N3CCC(OCc4ccccc4)CC3)cn(C)c12. The normalized spacial score (nSPS) is 15.3. The first-order valence-corrected chi connectivity index (χ1v) is 9.66. The fourth-order valence-corrected chi connectivity index (χ4v) is 3.99. The van der Waals surface area contributed by atoms with Gasteiger partial charge in [0.2, 0.25) is 0 Å². The van der Waals surface area contributed by atoms with E-state index in [1.807, 2.05) is 41.6 Å². The van der Waals surface area contributed by atoms with Gasteiger partial charge in [0.25, 0.3) is 11.5 Å². The molecule has 1 amide bonds. The molecule has 6 heteroatoms. The van der Waals surface area contributed by atoms with E-state index in [0.717, 1.165) is 29.5 Å². The summed E-state index contributed by atoms with van der Waals surface area (Å²) < 4.78 is 7.88. The number of aromatic amines is 1. The maximum atomic E-state index is 13.1. The Bertz CT molecular complexity index is 1040. The van der Waals surface area contributed by atoms with Crippen molar-refractivity contribution in [3.8, 4) is 0 Å². The van der Waals surface area contributed by atoms with Gasteiger partial charge in [-0.15, -0.1) is 0 Å². The number of hydrogen-bond donors (Lipinski definition) is 1. The quantitative estimate of drug-likeness (QED) is 0.758. The van der Waals surface area contributed by atoms with Gasteiger partial charge in [0.05, 0.1) is 29.2 Å². The molecule has 3 heterocycles. The van der Waals surface area contributed by atoms with E-state index < -0.39 is 0 Å². The van der Waals surface area contributed by atoms with E-state index >= 15 is 0 Å². The molecule has 6 nitrogen and oxygen atoms in total. The molecule has 1 saturated heterocycles. The van der Waals surface area contributed by atoms with Crippen molar-refractivity contribution in [2.24, 2.45) is 7.05 Å². The molecule has 4 rings (SSSR count). The summed E-state index contributed by atoms with van der Waals surface area (Å²) >= 11 is 0. The third kappa shape index (κ3) is 3.47. The zero-order valence-corrected chi connectivity index (χ0v) is 16.3. The number of aromatic nitrogens is 2. The van der Waals surface area contributed by atoms with Crippen LogP contribution in [0, 0.1) is 6.92 Å². The van der Waals surface area contributed by atoms with E-state index in [1.54, 1.807) is 12.4 Å². The van der Waals surface area contributed by atoms with Crippen LogP contribution in [0.25, 0.3) is 10.9 Å². The predicted octanol–water partition coefficient (Wildman–Crippen LogP) is 3.00. The highest BCUT2D eigenvalue weighted by atomic mass is 16.5. The van der Waals surface area contributed by atoms with Gasteiger partial charge < -0.3 is 19.2 Å². The number of carbonyl (C=O) groups excluding carboxylic acids is 1. The maximum Gasteiger partial charge on any atom is 0.258 e. The van der Waals surface area contributed by atoms with E-state index in [1.165, 1.54) is 0 Å². The zero-order valence-electron chi connectivity index (χ0n) is 16.3. The number of H-pyrrole nitrogens is 1. The number of piperidine rings is 1. The number of pyridine rings is 1. The first kappa shape index (κ1) is 18.5. The molecule has 0 spiro atoms. The fraction of sp³-hybridized carbons (Fsp3) is 0.364. The number of amides is 1. The third-order valence-corrected chi connectivity index (χ3v) is 5.49. The predicted molar refractivity (Wildman–Crippen MR) is 108 cm³/mol. The topological polar surface area (TPSA) is 67.3 Å². The third-order valence-electron chi connectivity index (χ3n) is 5.49. The van der Waals surface area contributed by atoms with E-state index in [0.29, 0.717) is 30.6 Å². The smallest absolute Gasteiger partial charge is 0.258 e. The molecule has 1 fully saturated rings. The fourth-order valence-electron chi connectivity index (χ4n) is 3.99. The van der Waals surface area contributed by atoms with Gasteiger partial charge in [0.1, 0.15) is 0 Å². The van der Waals surface area contributed by atoms with Crippen molar-refractivity contribution < 1.29 is 9.53 Å². The highest BCUT2D eigenvalue weighted by Crippen LogP contribution is 2.23. The summed E-state index contributed by atoms with van der Waals surface area (Å²) in [7, 11) is 1.87. The summed E-state index contributed by atoms with van der Waals surface area (Å²) in [6.07, 6.45) is 5.22. The highest BCUT2D eigenvalue weighted by molar-refractivity contribution is 6.07. The van der Waals surface area contributed by atoms with Crippen LogP contribution in [0.4, 0.5) is 0 Å². The lowest BCUT2D eigenvalue weighted by molar-refractivity contribution is -0.000340. The number of ether oxygens (including phenoxy) is 1. The standard InChI is InChI=1S/C22H25N3O3/c1-15-12-23-21(26)19-18(13-24(2)20(15)19)22(27)25-10-8-17(9-11-25)28-14-16-6-4-3-5-7-16/h3-7,12-13,17H,8-11,14H2,1-2H3,(H,23,26). The second-order valence-corrected chi connectivity index (χ2v) is 7.47. The molecule has 1 N–H and O–H groups in total. The van der Waals surface area contributed by atoms with Crippen molar-refractivity contribution in [1.82, 2.24) is 14.5 Å². The Morgan fingerprint density at radius 1 is 1.21 bits per heavy atom. The van der Waals surface area contributed by atoms with Gasteiger partial charge in [-0.05, 0) is 30.9 Å². The van der Waals surface area contributed by atoms with Gasteiger partial charge >= 0.3 is 0 Å². The van der Waals surface area contributed by atoms with E-state index in [2.05, 4.69) is 17.1 Å². The molecule has 0 bridgehead atoms. The van der Waals surface area contributed by atoms with E-state index in [-0.39, 0.29) is 17.6 Å². The summed E-state index contributed by atoms with van der Waals surface area (Å²) in [6.45, 7) is 3.80. The summed E-state index contributed by atoms with van der Waals surface area (Å²) in [6, 6.07) is 10.1. The maximum absolute atomic E-state index is 13.1. The van der Waals surface area contributed by atoms with Crippen LogP contribution < -0.4 is 5.56 Å². The summed E-state index contributed by atoms with van der Waals surface area (Å²) in [5, 5.41) is 0.481. The lowest BCUT2D eigenvalue weighted by atomic mass is 10.1. The molecule has 0 aliphatic carbocycles. The van der Waals surface area contributed by atoms with Crippen LogP contribution in [0.1, 0.15) is 34.3 Å². The van der Waals surface area contributed by atoms with E-state index in [9.17, 15) is 9.59 Å². The van der Waals surface area contributed by atoms with Gasteiger partial charge in [-0.1, -0.05) is 30.3 Å². The highest BCUT2D eigenvalue weighted by Gasteiger charge is 2.27. The zero-order chi connectivity index (χ0) is 19.7. The number of benzene rings is 1. The minimum absolute atomic E-state index is 0.0804. The summed E-state index contributed by atoms with van der Waals surface area (Å²) in [4.78, 5) is 30.0. The van der Waals surface area contributed by atoms with Crippen LogP contribution in [-0.2, 0) is 18.4 Å². The molecule has 1 aliphatic heterocycles.